The Hall–Kier alpha value is -3.69. The predicted octanol–water partition coefficient (Wildman–Crippen LogP) is 6.61. The van der Waals surface area contributed by atoms with E-state index >= 15 is 0 Å². The van der Waals surface area contributed by atoms with Gasteiger partial charge in [0.1, 0.15) is 5.75 Å². The summed E-state index contributed by atoms with van der Waals surface area (Å²) in [7, 11) is -3.90. The molecule has 0 heterocycles. The van der Waals surface area contributed by atoms with E-state index in [2.05, 4.69) is 22.2 Å². The van der Waals surface area contributed by atoms with Crippen LogP contribution in [0, 0.1) is 0 Å². The number of sulfonamides is 1. The summed E-state index contributed by atoms with van der Waals surface area (Å²) >= 11 is 0. The monoisotopic (exact) mass is 648 g/mol. The van der Waals surface area contributed by atoms with Crippen molar-refractivity contribution in [3.05, 3.63) is 125 Å². The Bertz CT molecular complexity index is 1610. The molecule has 1 aliphatic carbocycles. The first-order valence-corrected chi connectivity index (χ1v) is 16.9. The Morgan fingerprint density at radius 1 is 0.822 bits per heavy atom. The van der Waals surface area contributed by atoms with E-state index in [0.29, 0.717) is 17.9 Å². The van der Waals surface area contributed by atoms with Gasteiger partial charge in [-0.05, 0) is 78.6 Å². The molecule has 0 radical (unpaired) electrons. The van der Waals surface area contributed by atoms with Gasteiger partial charge < -0.3 is 15.2 Å². The van der Waals surface area contributed by atoms with Crippen LogP contribution in [0.25, 0.3) is 11.1 Å². The van der Waals surface area contributed by atoms with Gasteiger partial charge in [0.15, 0.2) is 0 Å². The molecule has 1 aliphatic rings. The molecule has 45 heavy (non-hydrogen) atoms. The number of nitrogens with one attached hydrogen (secondary N) is 2. The molecule has 9 heteroatoms. The number of hydrogen-bond acceptors (Lipinski definition) is 6. The molecule has 7 nitrogen and oxygen atoms in total. The molecule has 1 amide bonds. The highest BCUT2D eigenvalue weighted by molar-refractivity contribution is 7.89. The molecule has 3 N–H and O–H groups in total. The molecule has 1 fully saturated rings. The summed E-state index contributed by atoms with van der Waals surface area (Å²) in [5.41, 5.74) is 4.72. The van der Waals surface area contributed by atoms with E-state index in [1.165, 1.54) is 6.42 Å². The maximum Gasteiger partial charge on any atom is 0.268 e. The molecule has 0 spiro atoms. The highest BCUT2D eigenvalue weighted by Gasteiger charge is 2.23. The number of aliphatic hydroxyl groups is 1. The zero-order chi connectivity index (χ0) is 30.8. The Labute approximate surface area is 272 Å². The van der Waals surface area contributed by atoms with Gasteiger partial charge in [-0.15, -0.1) is 12.4 Å². The zero-order valence-corrected chi connectivity index (χ0v) is 26.9. The Morgan fingerprint density at radius 2 is 1.47 bits per heavy atom. The van der Waals surface area contributed by atoms with Crippen LogP contribution in [0.3, 0.4) is 0 Å². The second kappa shape index (κ2) is 16.6. The van der Waals surface area contributed by atoms with E-state index in [1.807, 2.05) is 60.7 Å². The van der Waals surface area contributed by atoms with Gasteiger partial charge in [-0.3, -0.25) is 4.79 Å². The minimum absolute atomic E-state index is 0. The number of ether oxygens (including phenoxy) is 1. The average molecular weight is 649 g/mol. The SMILES string of the molecule is Cl.O=C(NS(=O)(=O)Cc1ccccc1)c1ccc(-c2ccc(CCNC[C@H](O)c3ccccc3)cc2)cc1OC1CCCCC1. The fraction of sp³-hybridized carbons (Fsp3) is 0.306. The van der Waals surface area contributed by atoms with Crippen molar-refractivity contribution in [1.29, 1.82) is 0 Å². The zero-order valence-electron chi connectivity index (χ0n) is 25.2. The highest BCUT2D eigenvalue weighted by Crippen LogP contribution is 2.31. The maximum atomic E-state index is 13.3. The lowest BCUT2D eigenvalue weighted by atomic mass is 9.97. The van der Waals surface area contributed by atoms with Crippen molar-refractivity contribution in [1.82, 2.24) is 10.0 Å². The quantitative estimate of drug-likeness (QED) is 0.141. The molecule has 5 rings (SSSR count). The van der Waals surface area contributed by atoms with E-state index < -0.39 is 22.0 Å². The summed E-state index contributed by atoms with van der Waals surface area (Å²) in [5, 5.41) is 13.7. The van der Waals surface area contributed by atoms with Crippen LogP contribution in [0.4, 0.5) is 0 Å². The van der Waals surface area contributed by atoms with Gasteiger partial charge in [-0.2, -0.15) is 0 Å². The molecule has 1 saturated carbocycles. The number of rotatable bonds is 13. The van der Waals surface area contributed by atoms with Crippen LogP contribution >= 0.6 is 12.4 Å². The van der Waals surface area contributed by atoms with Gasteiger partial charge >= 0.3 is 0 Å². The first-order chi connectivity index (χ1) is 21.4. The summed E-state index contributed by atoms with van der Waals surface area (Å²) in [6.07, 6.45) is 5.37. The van der Waals surface area contributed by atoms with E-state index in [1.54, 1.807) is 30.3 Å². The second-order valence-electron chi connectivity index (χ2n) is 11.3. The Balaban J connectivity index is 0.00000461. The van der Waals surface area contributed by atoms with Crippen molar-refractivity contribution in [2.45, 2.75) is 56.5 Å². The van der Waals surface area contributed by atoms with Crippen LogP contribution in [0.2, 0.25) is 0 Å². The fourth-order valence-corrected chi connectivity index (χ4v) is 6.60. The largest absolute Gasteiger partial charge is 0.490 e. The van der Waals surface area contributed by atoms with Crippen LogP contribution in [0.1, 0.15) is 65.3 Å². The number of amides is 1. The van der Waals surface area contributed by atoms with Crippen LogP contribution in [-0.4, -0.2) is 38.6 Å². The second-order valence-corrected chi connectivity index (χ2v) is 13.1. The minimum Gasteiger partial charge on any atom is -0.490 e. The van der Waals surface area contributed by atoms with Crippen molar-refractivity contribution in [3.8, 4) is 16.9 Å². The molecular weight excluding hydrogens is 608 g/mol. The van der Waals surface area contributed by atoms with E-state index in [9.17, 15) is 18.3 Å². The lowest BCUT2D eigenvalue weighted by molar-refractivity contribution is 0.0969. The predicted molar refractivity (Wildman–Crippen MR) is 181 cm³/mol. The van der Waals surface area contributed by atoms with Crippen LogP contribution < -0.4 is 14.8 Å². The van der Waals surface area contributed by atoms with Gasteiger partial charge in [0.05, 0.1) is 23.5 Å². The molecule has 1 atom stereocenters. The van der Waals surface area contributed by atoms with E-state index in [4.69, 9.17) is 4.74 Å². The molecule has 0 aromatic heterocycles. The van der Waals surface area contributed by atoms with Crippen molar-refractivity contribution >= 4 is 28.3 Å². The molecule has 0 unspecified atom stereocenters. The van der Waals surface area contributed by atoms with Crippen molar-refractivity contribution in [2.75, 3.05) is 13.1 Å². The number of benzene rings is 4. The smallest absolute Gasteiger partial charge is 0.268 e. The van der Waals surface area contributed by atoms with Gasteiger partial charge in [0, 0.05) is 6.54 Å². The van der Waals surface area contributed by atoms with Crippen LogP contribution in [0.15, 0.2) is 103 Å². The summed E-state index contributed by atoms with van der Waals surface area (Å²) < 4.78 is 34.2. The molecular formula is C36H41ClN2O5S. The summed E-state index contributed by atoms with van der Waals surface area (Å²) in [6.45, 7) is 1.22. The summed E-state index contributed by atoms with van der Waals surface area (Å²) in [4.78, 5) is 13.3. The van der Waals surface area contributed by atoms with Gasteiger partial charge in [0.2, 0.25) is 10.0 Å². The lowest BCUT2D eigenvalue weighted by Crippen LogP contribution is -2.32. The molecule has 238 valence electrons. The third-order valence-electron chi connectivity index (χ3n) is 7.92. The molecule has 0 aliphatic heterocycles. The Morgan fingerprint density at radius 3 is 2.16 bits per heavy atom. The molecule has 0 bridgehead atoms. The number of carbonyl (C=O) groups excluding carboxylic acids is 1. The van der Waals surface area contributed by atoms with Gasteiger partial charge in [-0.1, -0.05) is 97.4 Å². The van der Waals surface area contributed by atoms with Crippen molar-refractivity contribution < 1.29 is 23.1 Å². The number of halogens is 1. The third kappa shape index (κ3) is 10.2. The normalized spacial score (nSPS) is 14.2. The lowest BCUT2D eigenvalue weighted by Gasteiger charge is -2.24. The minimum atomic E-state index is -3.90. The first kappa shape index (κ1) is 34.2. The third-order valence-corrected chi connectivity index (χ3v) is 9.13. The van der Waals surface area contributed by atoms with Gasteiger partial charge in [0.25, 0.3) is 5.91 Å². The topological polar surface area (TPSA) is 105 Å². The van der Waals surface area contributed by atoms with Crippen LogP contribution in [-0.2, 0) is 22.2 Å². The Kier molecular flexibility index (Phi) is 12.6. The standard InChI is InChI=1S/C36H40N2O5S.ClH/c39-34(30-12-6-2-7-13-30)25-37-23-22-27-16-18-29(19-17-27)31-20-21-33(35(24-31)43-32-14-8-3-9-15-32)36(40)38-44(41,42)26-28-10-4-1-5-11-28;/h1-2,4-7,10-13,16-21,24,32,34,37,39H,3,8-9,14-15,22-23,25-26H2,(H,38,40);1H/t34-;/m0./s1. The number of aliphatic hydroxyl groups excluding tert-OH is 1. The molecule has 4 aromatic rings. The highest BCUT2D eigenvalue weighted by atomic mass is 35.5. The molecule has 4 aromatic carbocycles. The fourth-order valence-electron chi connectivity index (χ4n) is 5.50. The van der Waals surface area contributed by atoms with E-state index in [-0.39, 0.29) is 29.8 Å². The van der Waals surface area contributed by atoms with Crippen LogP contribution in [0.5, 0.6) is 5.75 Å². The maximum absolute atomic E-state index is 13.3. The number of hydrogen-bond donors (Lipinski definition) is 3. The average Bonchev–Trinajstić information content (AvgIpc) is 3.04. The van der Waals surface area contributed by atoms with Crippen molar-refractivity contribution in [2.24, 2.45) is 0 Å². The van der Waals surface area contributed by atoms with E-state index in [0.717, 1.165) is 60.9 Å². The summed E-state index contributed by atoms with van der Waals surface area (Å²) in [6, 6.07) is 31.9. The van der Waals surface area contributed by atoms with Gasteiger partial charge in [-0.25, -0.2) is 13.1 Å². The summed E-state index contributed by atoms with van der Waals surface area (Å²) in [5.74, 6) is -0.586. The van der Waals surface area contributed by atoms with Crippen molar-refractivity contribution in [3.63, 3.8) is 0 Å². The number of carbonyl (C=O) groups is 1. The first-order valence-electron chi connectivity index (χ1n) is 15.3. The molecule has 0 saturated heterocycles.